The number of nitrogens with zero attached hydrogens (tertiary/aromatic N) is 4. The van der Waals surface area contributed by atoms with E-state index < -0.39 is 23.3 Å². The summed E-state index contributed by atoms with van der Waals surface area (Å²) in [5, 5.41) is 7.79. The molecule has 2 saturated carbocycles. The SMILES string of the molecule is NC(=O)c1nn(CC(=O)N2CCC3(CC3)[C@H]2C(=O)NC2(c3cccc(Cl)c3F)CC2)c2ccncc12. The van der Waals surface area contributed by atoms with Gasteiger partial charge in [-0.05, 0) is 44.2 Å². The van der Waals surface area contributed by atoms with Crippen molar-refractivity contribution in [1.82, 2.24) is 25.0 Å². The molecule has 36 heavy (non-hydrogen) atoms. The Bertz CT molecular complexity index is 1430. The molecule has 3 aromatic rings. The molecule has 6 rings (SSSR count). The van der Waals surface area contributed by atoms with Gasteiger partial charge in [0.25, 0.3) is 5.91 Å². The molecule has 2 aromatic heterocycles. The minimum absolute atomic E-state index is 0.0151. The Hall–Kier alpha value is -3.53. The topological polar surface area (TPSA) is 123 Å². The van der Waals surface area contributed by atoms with Crippen molar-refractivity contribution in [2.24, 2.45) is 11.1 Å². The number of hydrogen-bond acceptors (Lipinski definition) is 5. The van der Waals surface area contributed by atoms with Gasteiger partial charge < -0.3 is 16.0 Å². The molecule has 0 bridgehead atoms. The molecular weight excluding hydrogens is 487 g/mol. The summed E-state index contributed by atoms with van der Waals surface area (Å²) in [6.07, 6.45) is 6.68. The quantitative estimate of drug-likeness (QED) is 0.527. The van der Waals surface area contributed by atoms with Crippen LogP contribution in [0, 0.1) is 11.2 Å². The Kier molecular flexibility index (Phi) is 5.08. The van der Waals surface area contributed by atoms with E-state index in [2.05, 4.69) is 15.4 Å². The second-order valence-corrected chi connectivity index (χ2v) is 10.4. The molecule has 1 atom stereocenters. The zero-order valence-corrected chi connectivity index (χ0v) is 20.1. The van der Waals surface area contributed by atoms with Gasteiger partial charge in [-0.15, -0.1) is 0 Å². The van der Waals surface area contributed by atoms with E-state index in [0.29, 0.717) is 35.9 Å². The average molecular weight is 511 g/mol. The van der Waals surface area contributed by atoms with E-state index >= 15 is 0 Å². The minimum atomic E-state index is -0.805. The summed E-state index contributed by atoms with van der Waals surface area (Å²) in [5.41, 5.74) is 5.37. The maximum Gasteiger partial charge on any atom is 0.269 e. The predicted molar refractivity (Wildman–Crippen MR) is 128 cm³/mol. The monoisotopic (exact) mass is 510 g/mol. The number of carbonyl (C=O) groups excluding carboxylic acids is 3. The predicted octanol–water partition coefficient (Wildman–Crippen LogP) is 2.51. The molecule has 1 aromatic carbocycles. The molecule has 3 amide bonds. The Labute approximate surface area is 210 Å². The van der Waals surface area contributed by atoms with Crippen LogP contribution in [0.5, 0.6) is 0 Å². The third-order valence-electron chi connectivity index (χ3n) is 7.85. The highest BCUT2D eigenvalue weighted by molar-refractivity contribution is 6.30. The fraction of sp³-hybridized carbons (Fsp3) is 0.400. The van der Waals surface area contributed by atoms with E-state index in [9.17, 15) is 18.8 Å². The van der Waals surface area contributed by atoms with Crippen molar-refractivity contribution in [3.63, 3.8) is 0 Å². The number of hydrogen-bond donors (Lipinski definition) is 2. The number of fused-ring (bicyclic) bond motifs is 1. The number of aromatic nitrogens is 3. The number of rotatable bonds is 6. The molecular formula is C25H24ClFN6O3. The number of carbonyl (C=O) groups is 3. The highest BCUT2D eigenvalue weighted by Gasteiger charge is 2.61. The zero-order valence-electron chi connectivity index (χ0n) is 19.3. The second kappa shape index (κ2) is 7.99. The molecule has 186 valence electrons. The lowest BCUT2D eigenvalue weighted by molar-refractivity contribution is -0.140. The van der Waals surface area contributed by atoms with Gasteiger partial charge in [0, 0.05) is 29.9 Å². The largest absolute Gasteiger partial charge is 0.364 e. The van der Waals surface area contributed by atoms with Gasteiger partial charge >= 0.3 is 0 Å². The molecule has 3 fully saturated rings. The van der Waals surface area contributed by atoms with Crippen LogP contribution in [-0.4, -0.2) is 50.0 Å². The van der Waals surface area contributed by atoms with Gasteiger partial charge in [0.2, 0.25) is 11.8 Å². The smallest absolute Gasteiger partial charge is 0.269 e. The van der Waals surface area contributed by atoms with Crippen LogP contribution in [-0.2, 0) is 21.7 Å². The first kappa shape index (κ1) is 22.9. The van der Waals surface area contributed by atoms with Crippen molar-refractivity contribution < 1.29 is 18.8 Å². The highest BCUT2D eigenvalue weighted by Crippen LogP contribution is 2.58. The summed E-state index contributed by atoms with van der Waals surface area (Å²) >= 11 is 5.99. The molecule has 1 saturated heterocycles. The molecule has 0 radical (unpaired) electrons. The number of nitrogens with two attached hydrogens (primary N) is 1. The lowest BCUT2D eigenvalue weighted by atomic mass is 9.95. The maximum absolute atomic E-state index is 14.8. The van der Waals surface area contributed by atoms with Gasteiger partial charge in [0.05, 0.1) is 21.5 Å². The van der Waals surface area contributed by atoms with E-state index in [1.165, 1.54) is 16.9 Å². The summed E-state index contributed by atoms with van der Waals surface area (Å²) < 4.78 is 16.2. The first-order valence-corrected chi connectivity index (χ1v) is 12.3. The van der Waals surface area contributed by atoms with E-state index in [-0.39, 0.29) is 34.5 Å². The van der Waals surface area contributed by atoms with Crippen LogP contribution in [0.2, 0.25) is 5.02 Å². The lowest BCUT2D eigenvalue weighted by Crippen LogP contribution is -2.52. The Morgan fingerprint density at radius 3 is 2.64 bits per heavy atom. The van der Waals surface area contributed by atoms with Crippen molar-refractivity contribution in [3.05, 3.63) is 58.8 Å². The van der Waals surface area contributed by atoms with Crippen LogP contribution in [0.1, 0.15) is 48.2 Å². The summed E-state index contributed by atoms with van der Waals surface area (Å²) in [4.78, 5) is 44.6. The fourth-order valence-corrected chi connectivity index (χ4v) is 5.80. The number of nitrogens with one attached hydrogen (secondary N) is 1. The number of amides is 3. The van der Waals surface area contributed by atoms with Crippen molar-refractivity contribution >= 4 is 40.2 Å². The average Bonchev–Trinajstić information content (AvgIpc) is 3.73. The Morgan fingerprint density at radius 1 is 1.17 bits per heavy atom. The third-order valence-corrected chi connectivity index (χ3v) is 8.15. The normalized spacial score (nSPS) is 21.1. The van der Waals surface area contributed by atoms with Crippen LogP contribution in [0.25, 0.3) is 10.9 Å². The molecule has 2 aliphatic carbocycles. The second-order valence-electron chi connectivity index (χ2n) is 10.0. The zero-order chi connectivity index (χ0) is 25.2. The van der Waals surface area contributed by atoms with Gasteiger partial charge in [0.15, 0.2) is 5.69 Å². The van der Waals surface area contributed by atoms with Crippen LogP contribution < -0.4 is 11.1 Å². The fourth-order valence-electron chi connectivity index (χ4n) is 5.62. The van der Waals surface area contributed by atoms with Crippen molar-refractivity contribution in [1.29, 1.82) is 0 Å². The number of benzene rings is 1. The highest BCUT2D eigenvalue weighted by atomic mass is 35.5. The van der Waals surface area contributed by atoms with Crippen LogP contribution in [0.3, 0.4) is 0 Å². The van der Waals surface area contributed by atoms with Crippen molar-refractivity contribution in [3.8, 4) is 0 Å². The third kappa shape index (κ3) is 3.54. The first-order chi connectivity index (χ1) is 17.2. The van der Waals surface area contributed by atoms with E-state index in [1.807, 2.05) is 0 Å². The summed E-state index contributed by atoms with van der Waals surface area (Å²) in [7, 11) is 0. The molecule has 3 aliphatic rings. The summed E-state index contributed by atoms with van der Waals surface area (Å²) in [6, 6.07) is 5.81. The Morgan fingerprint density at radius 2 is 1.94 bits per heavy atom. The van der Waals surface area contributed by atoms with Crippen LogP contribution in [0.15, 0.2) is 36.7 Å². The first-order valence-electron chi connectivity index (χ1n) is 11.9. The van der Waals surface area contributed by atoms with Crippen LogP contribution in [0.4, 0.5) is 4.39 Å². The number of halogens is 2. The standard InChI is InChI=1S/C25H24ClFN6O3/c26-16-3-1-2-15(19(16)27)25(7-8-25)30-23(36)21-24(5-6-24)9-11-32(21)18(34)13-33-17-4-10-29-12-14(17)20(31-33)22(28)35/h1-4,10,12,21H,5-9,11,13H2,(H2,28,35)(H,30,36)/t21-/m1/s1. The number of pyridine rings is 1. The van der Waals surface area contributed by atoms with Gasteiger partial charge in [-0.3, -0.25) is 24.0 Å². The number of likely N-dealkylation sites (tertiary alicyclic amines) is 1. The summed E-state index contributed by atoms with van der Waals surface area (Å²) in [6.45, 7) is 0.292. The molecule has 3 heterocycles. The molecule has 0 unspecified atom stereocenters. The lowest BCUT2D eigenvalue weighted by Gasteiger charge is -2.30. The molecule has 1 spiro atoms. The van der Waals surface area contributed by atoms with Gasteiger partial charge in [-0.1, -0.05) is 23.7 Å². The maximum atomic E-state index is 14.8. The minimum Gasteiger partial charge on any atom is -0.364 e. The van der Waals surface area contributed by atoms with E-state index in [4.69, 9.17) is 17.3 Å². The summed E-state index contributed by atoms with van der Waals surface area (Å²) in [5.74, 6) is -1.79. The van der Waals surface area contributed by atoms with E-state index in [1.54, 1.807) is 29.3 Å². The molecule has 3 N–H and O–H groups in total. The van der Waals surface area contributed by atoms with Gasteiger partial charge in [-0.2, -0.15) is 5.10 Å². The van der Waals surface area contributed by atoms with Crippen molar-refractivity contribution in [2.45, 2.75) is 50.2 Å². The van der Waals surface area contributed by atoms with Crippen LogP contribution >= 0.6 is 11.6 Å². The van der Waals surface area contributed by atoms with Gasteiger partial charge in [0.1, 0.15) is 18.4 Å². The Balaban J connectivity index is 1.26. The van der Waals surface area contributed by atoms with Crippen molar-refractivity contribution in [2.75, 3.05) is 6.54 Å². The molecule has 11 heteroatoms. The molecule has 1 aliphatic heterocycles. The number of primary amides is 1. The van der Waals surface area contributed by atoms with Gasteiger partial charge in [-0.25, -0.2) is 4.39 Å². The van der Waals surface area contributed by atoms with E-state index in [0.717, 1.165) is 19.3 Å². The molecule has 9 nitrogen and oxygen atoms in total.